The molecule has 0 radical (unpaired) electrons. The van der Waals surface area contributed by atoms with Crippen molar-refractivity contribution in [3.05, 3.63) is 64.1 Å². The lowest BCUT2D eigenvalue weighted by atomic mass is 10.1. The van der Waals surface area contributed by atoms with E-state index in [0.717, 1.165) is 0 Å². The molecule has 3 rings (SSSR count). The van der Waals surface area contributed by atoms with E-state index in [4.69, 9.17) is 25.8 Å². The number of hydrogen-bond acceptors (Lipinski definition) is 5. The first-order valence-corrected chi connectivity index (χ1v) is 7.60. The van der Waals surface area contributed by atoms with Crippen LogP contribution in [0.4, 0.5) is 4.39 Å². The number of halogens is 2. The highest BCUT2D eigenvalue weighted by atomic mass is 35.5. The smallest absolute Gasteiger partial charge is 0.363 e. The van der Waals surface area contributed by atoms with E-state index in [1.807, 2.05) is 0 Å². The van der Waals surface area contributed by atoms with Crippen molar-refractivity contribution < 1.29 is 23.4 Å². The summed E-state index contributed by atoms with van der Waals surface area (Å²) < 4.78 is 29.3. The van der Waals surface area contributed by atoms with Crippen molar-refractivity contribution in [2.24, 2.45) is 4.99 Å². The summed E-state index contributed by atoms with van der Waals surface area (Å²) in [5.41, 5.74) is 0.708. The topological polar surface area (TPSA) is 57.1 Å². The van der Waals surface area contributed by atoms with E-state index >= 15 is 0 Å². The van der Waals surface area contributed by atoms with Crippen LogP contribution in [-0.2, 0) is 9.53 Å². The summed E-state index contributed by atoms with van der Waals surface area (Å²) in [4.78, 5) is 16.1. The maximum Gasteiger partial charge on any atom is 0.363 e. The standard InChI is InChI=1S/C18H13ClFNO4/c1-23-15-9-10(7-12(19)16(15)24-2)8-14-18(22)25-17(21-14)11-5-3-4-6-13(11)20/h3-9H,1-2H3/b14-8-. The van der Waals surface area contributed by atoms with Crippen molar-refractivity contribution in [1.29, 1.82) is 0 Å². The number of rotatable bonds is 4. The maximum atomic E-state index is 13.8. The van der Waals surface area contributed by atoms with Crippen LogP contribution in [-0.4, -0.2) is 26.1 Å². The number of carbonyl (C=O) groups is 1. The summed E-state index contributed by atoms with van der Waals surface area (Å²) in [5.74, 6) is -0.489. The van der Waals surface area contributed by atoms with Gasteiger partial charge < -0.3 is 14.2 Å². The highest BCUT2D eigenvalue weighted by Gasteiger charge is 2.26. The Morgan fingerprint density at radius 1 is 1.20 bits per heavy atom. The maximum absolute atomic E-state index is 13.8. The number of aliphatic imine (C=N–C) groups is 1. The molecule has 2 aromatic rings. The first kappa shape index (κ1) is 17.0. The van der Waals surface area contributed by atoms with Gasteiger partial charge >= 0.3 is 5.97 Å². The van der Waals surface area contributed by atoms with Gasteiger partial charge in [-0.3, -0.25) is 0 Å². The zero-order valence-electron chi connectivity index (χ0n) is 13.4. The van der Waals surface area contributed by atoms with E-state index < -0.39 is 11.8 Å². The minimum Gasteiger partial charge on any atom is -0.493 e. The minimum absolute atomic E-state index is 0.0292. The average Bonchev–Trinajstić information content (AvgIpc) is 2.95. The van der Waals surface area contributed by atoms with Crippen molar-refractivity contribution in [2.45, 2.75) is 0 Å². The molecule has 0 saturated heterocycles. The third-order valence-corrected chi connectivity index (χ3v) is 3.76. The second kappa shape index (κ2) is 6.94. The van der Waals surface area contributed by atoms with E-state index in [-0.39, 0.29) is 17.2 Å². The second-order valence-electron chi connectivity index (χ2n) is 5.05. The van der Waals surface area contributed by atoms with Gasteiger partial charge in [0, 0.05) is 0 Å². The van der Waals surface area contributed by atoms with Gasteiger partial charge in [0.05, 0.1) is 24.8 Å². The summed E-state index contributed by atoms with van der Waals surface area (Å²) in [6, 6.07) is 9.16. The minimum atomic E-state index is -0.677. The average molecular weight is 362 g/mol. The quantitative estimate of drug-likeness (QED) is 0.613. The number of benzene rings is 2. The molecule has 0 bridgehead atoms. The Bertz CT molecular complexity index is 908. The molecule has 0 unspecified atom stereocenters. The number of carbonyl (C=O) groups excluding carboxylic acids is 1. The molecule has 0 spiro atoms. The molecule has 0 saturated carbocycles. The lowest BCUT2D eigenvalue weighted by molar-refractivity contribution is -0.129. The molecule has 1 aliphatic rings. The van der Waals surface area contributed by atoms with Gasteiger partial charge in [-0.15, -0.1) is 0 Å². The molecule has 25 heavy (non-hydrogen) atoms. The predicted octanol–water partition coefficient (Wildman–Crippen LogP) is 3.84. The Kier molecular flexibility index (Phi) is 4.72. The van der Waals surface area contributed by atoms with E-state index in [1.165, 1.54) is 32.4 Å². The fourth-order valence-electron chi connectivity index (χ4n) is 2.34. The third kappa shape index (κ3) is 3.34. The van der Waals surface area contributed by atoms with Crippen LogP contribution in [0.3, 0.4) is 0 Å². The molecule has 128 valence electrons. The van der Waals surface area contributed by atoms with Crippen LogP contribution in [0.2, 0.25) is 5.02 Å². The highest BCUT2D eigenvalue weighted by molar-refractivity contribution is 6.32. The first-order valence-electron chi connectivity index (χ1n) is 7.22. The molecule has 0 fully saturated rings. The van der Waals surface area contributed by atoms with E-state index in [1.54, 1.807) is 24.3 Å². The number of hydrogen-bond donors (Lipinski definition) is 0. The molecule has 0 aliphatic carbocycles. The van der Waals surface area contributed by atoms with Gasteiger partial charge in [0.25, 0.3) is 0 Å². The normalized spacial score (nSPS) is 15.1. The molecular weight excluding hydrogens is 349 g/mol. The third-order valence-electron chi connectivity index (χ3n) is 3.48. The Hall–Kier alpha value is -2.86. The van der Waals surface area contributed by atoms with Crippen molar-refractivity contribution in [3.8, 4) is 11.5 Å². The van der Waals surface area contributed by atoms with Gasteiger partial charge in [-0.2, -0.15) is 0 Å². The summed E-state index contributed by atoms with van der Waals surface area (Å²) in [5, 5.41) is 0.318. The molecule has 0 aromatic heterocycles. The van der Waals surface area contributed by atoms with Crippen molar-refractivity contribution in [3.63, 3.8) is 0 Å². The van der Waals surface area contributed by atoms with Gasteiger partial charge in [-0.25, -0.2) is 14.2 Å². The van der Waals surface area contributed by atoms with E-state index in [2.05, 4.69) is 4.99 Å². The Balaban J connectivity index is 2.00. The zero-order valence-corrected chi connectivity index (χ0v) is 14.1. The van der Waals surface area contributed by atoms with Gasteiger partial charge in [-0.1, -0.05) is 23.7 Å². The fraction of sp³-hybridized carbons (Fsp3) is 0.111. The molecule has 0 atom stereocenters. The molecule has 1 aliphatic heterocycles. The van der Waals surface area contributed by atoms with Crippen LogP contribution in [0.1, 0.15) is 11.1 Å². The van der Waals surface area contributed by atoms with E-state index in [9.17, 15) is 9.18 Å². The molecule has 0 N–H and O–H groups in total. The summed E-state index contributed by atoms with van der Waals surface area (Å²) in [7, 11) is 2.95. The van der Waals surface area contributed by atoms with Crippen LogP contribution in [0.5, 0.6) is 11.5 Å². The Labute approximate surface area is 148 Å². The van der Waals surface area contributed by atoms with E-state index in [0.29, 0.717) is 22.1 Å². The fourth-order valence-corrected chi connectivity index (χ4v) is 2.63. The Morgan fingerprint density at radius 2 is 1.96 bits per heavy atom. The van der Waals surface area contributed by atoms with Crippen LogP contribution in [0.25, 0.3) is 6.08 Å². The molecule has 2 aromatic carbocycles. The predicted molar refractivity (Wildman–Crippen MR) is 91.6 cm³/mol. The molecule has 5 nitrogen and oxygen atoms in total. The summed E-state index contributed by atoms with van der Waals surface area (Å²) in [6.45, 7) is 0. The van der Waals surface area contributed by atoms with Crippen LogP contribution < -0.4 is 9.47 Å². The number of cyclic esters (lactones) is 1. The number of ether oxygens (including phenoxy) is 3. The lowest BCUT2D eigenvalue weighted by Crippen LogP contribution is -2.07. The SMILES string of the molecule is COc1cc(/C=C2\N=C(c3ccccc3F)OC2=O)cc(Cl)c1OC. The number of nitrogens with zero attached hydrogens (tertiary/aromatic N) is 1. The summed E-state index contributed by atoms with van der Waals surface area (Å²) >= 11 is 6.14. The van der Waals surface area contributed by atoms with Crippen molar-refractivity contribution in [1.82, 2.24) is 0 Å². The largest absolute Gasteiger partial charge is 0.493 e. The number of methoxy groups -OCH3 is 2. The summed E-state index contributed by atoms with van der Waals surface area (Å²) in [6.07, 6.45) is 1.48. The monoisotopic (exact) mass is 361 g/mol. The number of esters is 1. The molecule has 0 amide bonds. The highest BCUT2D eigenvalue weighted by Crippen LogP contribution is 2.37. The molecule has 1 heterocycles. The van der Waals surface area contributed by atoms with Crippen LogP contribution in [0, 0.1) is 5.82 Å². The van der Waals surface area contributed by atoms with Gasteiger partial charge in [0.1, 0.15) is 5.82 Å². The lowest BCUT2D eigenvalue weighted by Gasteiger charge is -2.10. The van der Waals surface area contributed by atoms with Crippen LogP contribution in [0.15, 0.2) is 47.1 Å². The molecule has 7 heteroatoms. The zero-order chi connectivity index (χ0) is 18.0. The van der Waals surface area contributed by atoms with Crippen molar-refractivity contribution >= 4 is 29.5 Å². The van der Waals surface area contributed by atoms with Gasteiger partial charge in [0.15, 0.2) is 17.2 Å². The molecular formula is C18H13ClFNO4. The first-order chi connectivity index (χ1) is 12.0. The van der Waals surface area contributed by atoms with Crippen molar-refractivity contribution in [2.75, 3.05) is 14.2 Å². The Morgan fingerprint density at radius 3 is 2.64 bits per heavy atom. The second-order valence-corrected chi connectivity index (χ2v) is 5.46. The van der Waals surface area contributed by atoms with Gasteiger partial charge in [0.2, 0.25) is 5.90 Å². The van der Waals surface area contributed by atoms with Crippen LogP contribution >= 0.6 is 11.6 Å². The van der Waals surface area contributed by atoms with Gasteiger partial charge in [-0.05, 0) is 35.9 Å².